The number of hydrogen-bond acceptors (Lipinski definition) is 3. The van der Waals surface area contributed by atoms with Crippen molar-refractivity contribution >= 4 is 11.6 Å². The number of alkyl halides is 3. The van der Waals surface area contributed by atoms with Gasteiger partial charge < -0.3 is 14.4 Å². The zero-order valence-corrected chi connectivity index (χ0v) is 13.4. The number of nitrogens with zero attached hydrogens (tertiary/aromatic N) is 1. The molecule has 25 heavy (non-hydrogen) atoms. The largest absolute Gasteiger partial charge is 0.489 e. The summed E-state index contributed by atoms with van der Waals surface area (Å²) in [4.78, 5) is 14.0. The number of halogens is 3. The summed E-state index contributed by atoms with van der Waals surface area (Å²) in [5, 5.41) is 0. The zero-order chi connectivity index (χ0) is 18.0. The third-order valence-electron chi connectivity index (χ3n) is 3.81. The Bertz CT molecular complexity index is 758. The molecule has 0 bridgehead atoms. The maximum Gasteiger partial charge on any atom is 0.419 e. The highest BCUT2D eigenvalue weighted by Crippen LogP contribution is 2.39. The van der Waals surface area contributed by atoms with Crippen LogP contribution in [0.15, 0.2) is 48.5 Å². The standard InChI is InChI=1S/C18H16F3NO3/c1-22(12-6-3-2-4-7-12)17(23)14-8-5-9-15(18(19,20)21)16(14)25-11-13-10-24-13/h2-9,13H,10-11H2,1H3. The van der Waals surface area contributed by atoms with Crippen molar-refractivity contribution in [2.75, 3.05) is 25.2 Å². The maximum absolute atomic E-state index is 13.3. The van der Waals surface area contributed by atoms with Crippen LogP contribution in [0.4, 0.5) is 18.9 Å². The lowest BCUT2D eigenvalue weighted by molar-refractivity contribution is -0.139. The minimum Gasteiger partial charge on any atom is -0.489 e. The fourth-order valence-electron chi connectivity index (χ4n) is 2.37. The Hall–Kier alpha value is -2.54. The van der Waals surface area contributed by atoms with Crippen molar-refractivity contribution in [1.29, 1.82) is 0 Å². The first-order valence-corrected chi connectivity index (χ1v) is 7.65. The maximum atomic E-state index is 13.3. The predicted octanol–water partition coefficient (Wildman–Crippen LogP) is 3.76. The highest BCUT2D eigenvalue weighted by atomic mass is 19.4. The first-order chi connectivity index (χ1) is 11.9. The molecule has 1 heterocycles. The molecule has 7 heteroatoms. The quantitative estimate of drug-likeness (QED) is 0.771. The lowest BCUT2D eigenvalue weighted by atomic mass is 10.1. The van der Waals surface area contributed by atoms with Crippen LogP contribution in [0.5, 0.6) is 5.75 Å². The van der Waals surface area contributed by atoms with Crippen LogP contribution in [0, 0.1) is 0 Å². The molecule has 1 saturated heterocycles. The molecule has 1 aliphatic heterocycles. The van der Waals surface area contributed by atoms with Gasteiger partial charge in [0.15, 0.2) is 0 Å². The summed E-state index contributed by atoms with van der Waals surface area (Å²) in [5.74, 6) is -1.04. The number of rotatable bonds is 5. The molecule has 0 saturated carbocycles. The molecule has 1 amide bonds. The van der Waals surface area contributed by atoms with E-state index in [2.05, 4.69) is 0 Å². The Morgan fingerprint density at radius 1 is 1.20 bits per heavy atom. The van der Waals surface area contributed by atoms with Crippen LogP contribution in [-0.4, -0.2) is 32.3 Å². The minimum absolute atomic E-state index is 0.0254. The van der Waals surface area contributed by atoms with E-state index in [1.165, 1.54) is 24.1 Å². The van der Waals surface area contributed by atoms with E-state index < -0.39 is 23.4 Å². The monoisotopic (exact) mass is 351 g/mol. The van der Waals surface area contributed by atoms with E-state index in [-0.39, 0.29) is 18.3 Å². The van der Waals surface area contributed by atoms with Gasteiger partial charge in [-0.15, -0.1) is 0 Å². The number of amides is 1. The van der Waals surface area contributed by atoms with Gasteiger partial charge in [0, 0.05) is 12.7 Å². The summed E-state index contributed by atoms with van der Waals surface area (Å²) in [6, 6.07) is 12.1. The van der Waals surface area contributed by atoms with Crippen molar-refractivity contribution in [1.82, 2.24) is 0 Å². The van der Waals surface area contributed by atoms with Gasteiger partial charge in [0.1, 0.15) is 18.5 Å². The second kappa shape index (κ2) is 6.76. The lowest BCUT2D eigenvalue weighted by Crippen LogP contribution is -2.27. The van der Waals surface area contributed by atoms with Gasteiger partial charge in [-0.05, 0) is 24.3 Å². The van der Waals surface area contributed by atoms with Crippen molar-refractivity contribution in [3.63, 3.8) is 0 Å². The third kappa shape index (κ3) is 3.93. The number of benzene rings is 2. The van der Waals surface area contributed by atoms with Crippen LogP contribution in [0.3, 0.4) is 0 Å². The molecule has 1 aliphatic rings. The second-order valence-electron chi connectivity index (χ2n) is 5.65. The van der Waals surface area contributed by atoms with E-state index in [1.54, 1.807) is 30.3 Å². The van der Waals surface area contributed by atoms with E-state index in [1.807, 2.05) is 0 Å². The van der Waals surface area contributed by atoms with Crippen molar-refractivity contribution in [2.45, 2.75) is 12.3 Å². The molecule has 0 aliphatic carbocycles. The summed E-state index contributed by atoms with van der Waals surface area (Å²) >= 11 is 0. The Balaban J connectivity index is 1.97. The first-order valence-electron chi connectivity index (χ1n) is 7.65. The average molecular weight is 351 g/mol. The highest BCUT2D eigenvalue weighted by molar-refractivity contribution is 6.07. The smallest absolute Gasteiger partial charge is 0.419 e. The minimum atomic E-state index is -4.62. The molecule has 4 nitrogen and oxygen atoms in total. The molecule has 2 aromatic rings. The topological polar surface area (TPSA) is 42.1 Å². The highest BCUT2D eigenvalue weighted by Gasteiger charge is 2.37. The number of carbonyl (C=O) groups is 1. The molecule has 0 aromatic heterocycles. The summed E-state index contributed by atoms with van der Waals surface area (Å²) < 4.78 is 50.3. The molecule has 3 rings (SSSR count). The molecular formula is C18H16F3NO3. The van der Waals surface area contributed by atoms with Gasteiger partial charge in [-0.2, -0.15) is 13.2 Å². The molecule has 0 N–H and O–H groups in total. The van der Waals surface area contributed by atoms with Gasteiger partial charge in [0.05, 0.1) is 17.7 Å². The molecule has 2 aromatic carbocycles. The third-order valence-corrected chi connectivity index (χ3v) is 3.81. The van der Waals surface area contributed by atoms with Gasteiger partial charge in [-0.1, -0.05) is 24.3 Å². The van der Waals surface area contributed by atoms with Crippen molar-refractivity contribution < 1.29 is 27.4 Å². The summed E-state index contributed by atoms with van der Waals surface area (Å²) in [6.07, 6.45) is -4.85. The van der Waals surface area contributed by atoms with Gasteiger partial charge in [-0.3, -0.25) is 4.79 Å². The summed E-state index contributed by atoms with van der Waals surface area (Å²) in [7, 11) is 1.51. The molecule has 0 radical (unpaired) electrons. The number of ether oxygens (including phenoxy) is 2. The number of anilines is 1. The van der Waals surface area contributed by atoms with E-state index in [0.29, 0.717) is 12.3 Å². The summed E-state index contributed by atoms with van der Waals surface area (Å²) in [5.41, 5.74) is -0.538. The Kier molecular flexibility index (Phi) is 4.67. The van der Waals surface area contributed by atoms with E-state index in [9.17, 15) is 18.0 Å². The number of epoxide rings is 1. The second-order valence-corrected chi connectivity index (χ2v) is 5.65. The Morgan fingerprint density at radius 3 is 2.48 bits per heavy atom. The van der Waals surface area contributed by atoms with Crippen LogP contribution >= 0.6 is 0 Å². The fourth-order valence-corrected chi connectivity index (χ4v) is 2.37. The summed E-state index contributed by atoms with van der Waals surface area (Å²) in [6.45, 7) is 0.420. The molecule has 0 spiro atoms. The molecule has 1 unspecified atom stereocenters. The van der Waals surface area contributed by atoms with Crippen molar-refractivity contribution in [2.24, 2.45) is 0 Å². The Morgan fingerprint density at radius 2 is 1.88 bits per heavy atom. The van der Waals surface area contributed by atoms with Gasteiger partial charge in [-0.25, -0.2) is 0 Å². The molecular weight excluding hydrogens is 335 g/mol. The van der Waals surface area contributed by atoms with E-state index in [4.69, 9.17) is 9.47 Å². The fraction of sp³-hybridized carbons (Fsp3) is 0.278. The lowest BCUT2D eigenvalue weighted by Gasteiger charge is -2.21. The molecule has 1 atom stereocenters. The van der Waals surface area contributed by atoms with Crippen LogP contribution < -0.4 is 9.64 Å². The van der Waals surface area contributed by atoms with Crippen LogP contribution in [0.2, 0.25) is 0 Å². The van der Waals surface area contributed by atoms with Gasteiger partial charge in [0.25, 0.3) is 5.91 Å². The van der Waals surface area contributed by atoms with Crippen LogP contribution in [-0.2, 0) is 10.9 Å². The van der Waals surface area contributed by atoms with Gasteiger partial charge >= 0.3 is 6.18 Å². The SMILES string of the molecule is CN(C(=O)c1cccc(C(F)(F)F)c1OCC1CO1)c1ccccc1. The zero-order valence-electron chi connectivity index (χ0n) is 13.4. The number of hydrogen-bond donors (Lipinski definition) is 0. The van der Waals surface area contributed by atoms with E-state index in [0.717, 1.165) is 6.07 Å². The van der Waals surface area contributed by atoms with Crippen molar-refractivity contribution in [3.05, 3.63) is 59.7 Å². The Labute approximate surface area is 142 Å². The first kappa shape index (κ1) is 17.3. The van der Waals surface area contributed by atoms with Crippen LogP contribution in [0.25, 0.3) is 0 Å². The van der Waals surface area contributed by atoms with Crippen LogP contribution in [0.1, 0.15) is 15.9 Å². The average Bonchev–Trinajstić information content (AvgIpc) is 3.42. The van der Waals surface area contributed by atoms with Gasteiger partial charge in [0.2, 0.25) is 0 Å². The molecule has 132 valence electrons. The van der Waals surface area contributed by atoms with E-state index >= 15 is 0 Å². The molecule has 1 fully saturated rings. The predicted molar refractivity (Wildman–Crippen MR) is 85.9 cm³/mol. The van der Waals surface area contributed by atoms with Crippen molar-refractivity contribution in [3.8, 4) is 5.75 Å². The number of para-hydroxylation sites is 2. The normalized spacial score (nSPS) is 16.4. The number of carbonyl (C=O) groups excluding carboxylic acids is 1.